The van der Waals surface area contributed by atoms with Crippen molar-refractivity contribution in [3.8, 4) is 0 Å². The Hall–Kier alpha value is -1.65. The number of thiophene rings is 1. The molecule has 0 radical (unpaired) electrons. The zero-order valence-electron chi connectivity index (χ0n) is 19.1. The zero-order valence-corrected chi connectivity index (χ0v) is 20.8. The Balaban J connectivity index is 1.48. The Labute approximate surface area is 195 Å². The topological polar surface area (TPSA) is 98.8 Å². The van der Waals surface area contributed by atoms with Crippen LogP contribution >= 0.6 is 11.3 Å². The van der Waals surface area contributed by atoms with Crippen molar-refractivity contribution in [1.82, 2.24) is 14.5 Å². The van der Waals surface area contributed by atoms with E-state index in [1.807, 2.05) is 0 Å². The third kappa shape index (κ3) is 6.23. The average Bonchev–Trinajstić information content (AvgIpc) is 3.11. The van der Waals surface area contributed by atoms with Gasteiger partial charge >= 0.3 is 6.03 Å². The molecule has 32 heavy (non-hydrogen) atoms. The molecule has 2 aliphatic rings. The molecular formula is C22H36N4O4S2. The molecule has 180 valence electrons. The minimum absolute atomic E-state index is 0.0464. The Morgan fingerprint density at radius 1 is 1.03 bits per heavy atom. The van der Waals surface area contributed by atoms with Gasteiger partial charge < -0.3 is 10.2 Å². The highest BCUT2D eigenvalue weighted by molar-refractivity contribution is 7.91. The fourth-order valence-corrected chi connectivity index (χ4v) is 7.30. The molecule has 1 aliphatic heterocycles. The van der Waals surface area contributed by atoms with Crippen LogP contribution in [0.3, 0.4) is 0 Å². The smallest absolute Gasteiger partial charge is 0.322 e. The molecule has 3 amide bonds. The third-order valence-corrected chi connectivity index (χ3v) is 9.98. The van der Waals surface area contributed by atoms with Crippen LogP contribution in [0.2, 0.25) is 0 Å². The van der Waals surface area contributed by atoms with Gasteiger partial charge in [0.15, 0.2) is 0 Å². The normalized spacial score (nSPS) is 19.0. The highest BCUT2D eigenvalue weighted by atomic mass is 32.2. The average molecular weight is 485 g/mol. The second-order valence-corrected chi connectivity index (χ2v) is 11.8. The van der Waals surface area contributed by atoms with Crippen LogP contribution in [0.1, 0.15) is 65.2 Å². The predicted octanol–water partition coefficient (Wildman–Crippen LogP) is 3.86. The lowest BCUT2D eigenvalue weighted by molar-refractivity contribution is -0.127. The Morgan fingerprint density at radius 3 is 2.25 bits per heavy atom. The summed E-state index contributed by atoms with van der Waals surface area (Å²) in [7, 11) is -3.53. The van der Waals surface area contributed by atoms with Gasteiger partial charge in [0.2, 0.25) is 5.91 Å². The molecule has 2 fully saturated rings. The molecule has 1 aromatic rings. The summed E-state index contributed by atoms with van der Waals surface area (Å²) in [5.41, 5.74) is 0. The Bertz CT molecular complexity index is 866. The van der Waals surface area contributed by atoms with E-state index in [1.54, 1.807) is 24.8 Å². The van der Waals surface area contributed by atoms with Gasteiger partial charge in [-0.05, 0) is 37.8 Å². The molecule has 1 aromatic heterocycles. The second-order valence-electron chi connectivity index (χ2n) is 8.60. The number of carbonyl (C=O) groups excluding carboxylic acids is 2. The molecule has 10 heteroatoms. The van der Waals surface area contributed by atoms with Crippen LogP contribution < -0.4 is 10.6 Å². The number of rotatable bonds is 7. The first kappa shape index (κ1) is 25.0. The first-order chi connectivity index (χ1) is 15.3. The summed E-state index contributed by atoms with van der Waals surface area (Å²) < 4.78 is 26.9. The maximum atomic E-state index is 12.7. The number of anilines is 1. The monoisotopic (exact) mass is 484 g/mol. The Morgan fingerprint density at radius 2 is 1.66 bits per heavy atom. The van der Waals surface area contributed by atoms with Crippen LogP contribution in [-0.4, -0.2) is 61.8 Å². The van der Waals surface area contributed by atoms with Gasteiger partial charge in [0.25, 0.3) is 10.0 Å². The van der Waals surface area contributed by atoms with E-state index >= 15 is 0 Å². The number of amides is 3. The number of urea groups is 1. The molecule has 0 aromatic carbocycles. The van der Waals surface area contributed by atoms with E-state index < -0.39 is 10.0 Å². The molecule has 1 aliphatic carbocycles. The highest BCUT2D eigenvalue weighted by Crippen LogP contribution is 2.29. The molecule has 2 heterocycles. The van der Waals surface area contributed by atoms with E-state index in [1.165, 1.54) is 36.1 Å². The SMILES string of the molecule is CCN(CC)S(=O)(=O)c1ccc(NC(=O)N2CCC(C(=O)NC3CCCCCC3)CC2)s1. The van der Waals surface area contributed by atoms with Gasteiger partial charge in [0.05, 0.1) is 5.00 Å². The van der Waals surface area contributed by atoms with Gasteiger partial charge in [0, 0.05) is 38.1 Å². The summed E-state index contributed by atoms with van der Waals surface area (Å²) >= 11 is 1.07. The summed E-state index contributed by atoms with van der Waals surface area (Å²) in [5.74, 6) is 0.0799. The summed E-state index contributed by atoms with van der Waals surface area (Å²) in [5, 5.41) is 6.56. The molecule has 0 unspecified atom stereocenters. The van der Waals surface area contributed by atoms with Gasteiger partial charge in [-0.3, -0.25) is 10.1 Å². The minimum atomic E-state index is -3.53. The first-order valence-electron chi connectivity index (χ1n) is 11.8. The lowest BCUT2D eigenvalue weighted by Gasteiger charge is -2.32. The van der Waals surface area contributed by atoms with E-state index in [-0.39, 0.29) is 22.1 Å². The van der Waals surface area contributed by atoms with Crippen molar-refractivity contribution in [2.45, 2.75) is 75.5 Å². The van der Waals surface area contributed by atoms with E-state index in [9.17, 15) is 18.0 Å². The Kier molecular flexibility index (Phi) is 8.95. The molecule has 0 spiro atoms. The number of nitrogens with zero attached hydrogens (tertiary/aromatic N) is 2. The number of likely N-dealkylation sites (tertiary alicyclic amines) is 1. The van der Waals surface area contributed by atoms with Crippen molar-refractivity contribution >= 4 is 38.3 Å². The number of hydrogen-bond donors (Lipinski definition) is 2. The van der Waals surface area contributed by atoms with E-state index in [2.05, 4.69) is 10.6 Å². The molecule has 2 N–H and O–H groups in total. The third-order valence-electron chi connectivity index (χ3n) is 6.47. The number of sulfonamides is 1. The largest absolute Gasteiger partial charge is 0.353 e. The van der Waals surface area contributed by atoms with Crippen LogP contribution in [0, 0.1) is 5.92 Å². The van der Waals surface area contributed by atoms with Crippen molar-refractivity contribution in [3.05, 3.63) is 12.1 Å². The van der Waals surface area contributed by atoms with Crippen LogP contribution in [0.4, 0.5) is 9.80 Å². The standard InChI is InChI=1S/C22H36N4O4S2/c1-3-26(4-2)32(29,30)20-12-11-19(31-20)24-22(28)25-15-13-17(14-16-25)21(27)23-18-9-7-5-6-8-10-18/h11-12,17-18H,3-10,13-16H2,1-2H3,(H,23,27)(H,24,28). The van der Waals surface area contributed by atoms with Crippen LogP contribution in [0.15, 0.2) is 16.3 Å². The molecular weight excluding hydrogens is 448 g/mol. The minimum Gasteiger partial charge on any atom is -0.353 e. The van der Waals surface area contributed by atoms with Crippen molar-refractivity contribution in [3.63, 3.8) is 0 Å². The highest BCUT2D eigenvalue weighted by Gasteiger charge is 2.29. The summed E-state index contributed by atoms with van der Waals surface area (Å²) in [6.07, 6.45) is 8.32. The molecule has 0 bridgehead atoms. The van der Waals surface area contributed by atoms with Crippen LogP contribution in [0.25, 0.3) is 0 Å². The van der Waals surface area contributed by atoms with Gasteiger partial charge in [-0.2, -0.15) is 4.31 Å². The molecule has 3 rings (SSSR count). The van der Waals surface area contributed by atoms with E-state index in [0.717, 1.165) is 24.2 Å². The van der Waals surface area contributed by atoms with Crippen LogP contribution in [0.5, 0.6) is 0 Å². The van der Waals surface area contributed by atoms with E-state index in [0.29, 0.717) is 50.1 Å². The summed E-state index contributed by atoms with van der Waals surface area (Å²) in [6.45, 7) is 5.45. The summed E-state index contributed by atoms with van der Waals surface area (Å²) in [6, 6.07) is 3.22. The molecule has 1 saturated carbocycles. The number of carbonyl (C=O) groups is 2. The quantitative estimate of drug-likeness (QED) is 0.574. The second kappa shape index (κ2) is 11.5. The maximum absolute atomic E-state index is 12.7. The number of piperidine rings is 1. The van der Waals surface area contributed by atoms with Crippen molar-refractivity contribution in [1.29, 1.82) is 0 Å². The fourth-order valence-electron chi connectivity index (χ4n) is 4.49. The van der Waals surface area contributed by atoms with Crippen molar-refractivity contribution in [2.75, 3.05) is 31.5 Å². The maximum Gasteiger partial charge on any atom is 0.322 e. The van der Waals surface area contributed by atoms with Crippen molar-refractivity contribution in [2.24, 2.45) is 5.92 Å². The molecule has 8 nitrogen and oxygen atoms in total. The molecule has 0 atom stereocenters. The van der Waals surface area contributed by atoms with Gasteiger partial charge in [-0.15, -0.1) is 11.3 Å². The van der Waals surface area contributed by atoms with Gasteiger partial charge in [-0.1, -0.05) is 39.5 Å². The lowest BCUT2D eigenvalue weighted by atomic mass is 9.95. The number of nitrogens with one attached hydrogen (secondary N) is 2. The number of hydrogen-bond acceptors (Lipinski definition) is 5. The summed E-state index contributed by atoms with van der Waals surface area (Å²) in [4.78, 5) is 27.0. The van der Waals surface area contributed by atoms with E-state index in [4.69, 9.17) is 0 Å². The molecule has 1 saturated heterocycles. The van der Waals surface area contributed by atoms with Gasteiger partial charge in [-0.25, -0.2) is 13.2 Å². The fraction of sp³-hybridized carbons (Fsp3) is 0.727. The van der Waals surface area contributed by atoms with Crippen LogP contribution in [-0.2, 0) is 14.8 Å². The van der Waals surface area contributed by atoms with Crippen molar-refractivity contribution < 1.29 is 18.0 Å². The van der Waals surface area contributed by atoms with Gasteiger partial charge in [0.1, 0.15) is 4.21 Å². The zero-order chi connectivity index (χ0) is 23.1. The lowest BCUT2D eigenvalue weighted by Crippen LogP contribution is -2.46. The first-order valence-corrected chi connectivity index (χ1v) is 14.1. The predicted molar refractivity (Wildman–Crippen MR) is 127 cm³/mol.